The number of amides is 2. The zero-order chi connectivity index (χ0) is 20.6. The lowest BCUT2D eigenvalue weighted by Crippen LogP contribution is -2.38. The van der Waals surface area contributed by atoms with Crippen LogP contribution in [-0.4, -0.2) is 24.9 Å². The van der Waals surface area contributed by atoms with Crippen molar-refractivity contribution in [2.75, 3.05) is 13.1 Å². The maximum atomic E-state index is 13.2. The Labute approximate surface area is 167 Å². The summed E-state index contributed by atoms with van der Waals surface area (Å²) < 4.78 is 26.2. The molecule has 0 fully saturated rings. The number of hydrogen-bond donors (Lipinski definition) is 2. The van der Waals surface area contributed by atoms with Gasteiger partial charge in [0, 0.05) is 18.0 Å². The fraction of sp³-hybridized carbons (Fsp3) is 0.130. The summed E-state index contributed by atoms with van der Waals surface area (Å²) in [6.07, 6.45) is 0. The molecule has 2 N–H and O–H groups in total. The van der Waals surface area contributed by atoms with Gasteiger partial charge in [0.2, 0.25) is 5.91 Å². The van der Waals surface area contributed by atoms with Crippen LogP contribution < -0.4 is 10.6 Å². The van der Waals surface area contributed by atoms with Gasteiger partial charge in [-0.3, -0.25) is 9.59 Å². The van der Waals surface area contributed by atoms with E-state index in [9.17, 15) is 18.4 Å². The smallest absolute Gasteiger partial charge is 0.251 e. The summed E-state index contributed by atoms with van der Waals surface area (Å²) in [5.74, 6) is -3.22. The Bertz CT molecular complexity index is 939. The number of carbonyl (C=O) groups excluding carboxylic acids is 2. The van der Waals surface area contributed by atoms with Gasteiger partial charge >= 0.3 is 0 Å². The first-order valence-electron chi connectivity index (χ1n) is 9.14. The van der Waals surface area contributed by atoms with E-state index in [1.807, 2.05) is 60.7 Å². The molecule has 0 bridgehead atoms. The normalized spacial score (nSPS) is 10.6. The topological polar surface area (TPSA) is 58.2 Å². The van der Waals surface area contributed by atoms with Gasteiger partial charge in [-0.15, -0.1) is 0 Å². The van der Waals surface area contributed by atoms with Gasteiger partial charge in [0.25, 0.3) is 5.91 Å². The third-order valence-corrected chi connectivity index (χ3v) is 4.50. The number of rotatable bonds is 7. The first-order chi connectivity index (χ1) is 14.0. The maximum Gasteiger partial charge on any atom is 0.251 e. The van der Waals surface area contributed by atoms with E-state index in [1.165, 1.54) is 0 Å². The van der Waals surface area contributed by atoms with E-state index in [4.69, 9.17) is 0 Å². The summed E-state index contributed by atoms with van der Waals surface area (Å²) in [7, 11) is 0. The first kappa shape index (κ1) is 20.2. The van der Waals surface area contributed by atoms with E-state index in [2.05, 4.69) is 10.6 Å². The second kappa shape index (κ2) is 9.59. The van der Waals surface area contributed by atoms with Crippen LogP contribution in [0.25, 0.3) is 0 Å². The molecule has 3 rings (SSSR count). The molecular weight excluding hydrogens is 374 g/mol. The molecule has 4 nitrogen and oxygen atoms in total. The standard InChI is InChI=1S/C23H20F2N2O2/c24-20-12-11-18(13-21(20)25)23(29)27-15-22(28)26-14-19(16-7-3-1-4-8-16)17-9-5-2-6-10-17/h1-13,19H,14-15H2,(H,26,28)(H,27,29). The van der Waals surface area contributed by atoms with Crippen LogP contribution in [-0.2, 0) is 4.79 Å². The van der Waals surface area contributed by atoms with Crippen LogP contribution in [0.15, 0.2) is 78.9 Å². The van der Waals surface area contributed by atoms with Crippen LogP contribution in [0.2, 0.25) is 0 Å². The molecule has 148 valence electrons. The van der Waals surface area contributed by atoms with E-state index in [0.29, 0.717) is 6.54 Å². The molecule has 0 heterocycles. The van der Waals surface area contributed by atoms with Crippen molar-refractivity contribution in [1.29, 1.82) is 0 Å². The van der Waals surface area contributed by atoms with Crippen LogP contribution >= 0.6 is 0 Å². The quantitative estimate of drug-likeness (QED) is 0.643. The molecule has 0 spiro atoms. The lowest BCUT2D eigenvalue weighted by Gasteiger charge is -2.19. The molecule has 0 aliphatic rings. The minimum Gasteiger partial charge on any atom is -0.354 e. The van der Waals surface area contributed by atoms with Gasteiger partial charge in [0.05, 0.1) is 6.54 Å². The van der Waals surface area contributed by atoms with Gasteiger partial charge in [-0.25, -0.2) is 8.78 Å². The van der Waals surface area contributed by atoms with Gasteiger partial charge in [-0.05, 0) is 29.3 Å². The summed E-state index contributed by atoms with van der Waals surface area (Å²) in [5, 5.41) is 5.23. The van der Waals surface area contributed by atoms with Crippen molar-refractivity contribution in [2.24, 2.45) is 0 Å². The minimum atomic E-state index is -1.12. The Morgan fingerprint density at radius 3 is 1.90 bits per heavy atom. The van der Waals surface area contributed by atoms with Crippen molar-refractivity contribution in [3.8, 4) is 0 Å². The predicted molar refractivity (Wildman–Crippen MR) is 106 cm³/mol. The fourth-order valence-corrected chi connectivity index (χ4v) is 2.98. The summed E-state index contributed by atoms with van der Waals surface area (Å²) in [6.45, 7) is 0.0854. The van der Waals surface area contributed by atoms with Gasteiger partial charge in [-0.1, -0.05) is 60.7 Å². The molecule has 0 saturated carbocycles. The van der Waals surface area contributed by atoms with Crippen LogP contribution in [0.4, 0.5) is 8.78 Å². The molecule has 0 atom stereocenters. The third kappa shape index (κ3) is 5.48. The average molecular weight is 394 g/mol. The molecule has 0 saturated heterocycles. The van der Waals surface area contributed by atoms with Crippen LogP contribution in [0.1, 0.15) is 27.4 Å². The highest BCUT2D eigenvalue weighted by atomic mass is 19.2. The molecule has 29 heavy (non-hydrogen) atoms. The molecule has 0 aliphatic heterocycles. The van der Waals surface area contributed by atoms with E-state index in [1.54, 1.807) is 0 Å². The van der Waals surface area contributed by atoms with Gasteiger partial charge in [0.1, 0.15) is 0 Å². The maximum absolute atomic E-state index is 13.2. The Hall–Kier alpha value is -3.54. The summed E-state index contributed by atoms with van der Waals surface area (Å²) in [5.41, 5.74) is 2.07. The highest BCUT2D eigenvalue weighted by molar-refractivity contribution is 5.96. The molecule has 3 aromatic carbocycles. The van der Waals surface area contributed by atoms with Crippen LogP contribution in [0, 0.1) is 11.6 Å². The molecule has 0 aromatic heterocycles. The highest BCUT2D eigenvalue weighted by Crippen LogP contribution is 2.23. The Morgan fingerprint density at radius 2 is 1.34 bits per heavy atom. The molecule has 0 aliphatic carbocycles. The Morgan fingerprint density at radius 1 is 0.759 bits per heavy atom. The predicted octanol–water partition coefficient (Wildman–Crippen LogP) is 3.64. The molecule has 3 aromatic rings. The zero-order valence-corrected chi connectivity index (χ0v) is 15.6. The summed E-state index contributed by atoms with van der Waals surface area (Å²) >= 11 is 0. The van der Waals surface area contributed by atoms with Crippen molar-refractivity contribution >= 4 is 11.8 Å². The van der Waals surface area contributed by atoms with Crippen molar-refractivity contribution in [1.82, 2.24) is 10.6 Å². The van der Waals surface area contributed by atoms with E-state index < -0.39 is 17.5 Å². The summed E-state index contributed by atoms with van der Waals surface area (Å²) in [6, 6.07) is 22.4. The largest absolute Gasteiger partial charge is 0.354 e. The molecule has 0 radical (unpaired) electrons. The van der Waals surface area contributed by atoms with Crippen LogP contribution in [0.5, 0.6) is 0 Å². The van der Waals surface area contributed by atoms with E-state index in [0.717, 1.165) is 29.3 Å². The molecule has 6 heteroatoms. The monoisotopic (exact) mass is 394 g/mol. The van der Waals surface area contributed by atoms with Crippen molar-refractivity contribution < 1.29 is 18.4 Å². The Kier molecular flexibility index (Phi) is 6.68. The highest BCUT2D eigenvalue weighted by Gasteiger charge is 2.16. The van der Waals surface area contributed by atoms with E-state index >= 15 is 0 Å². The van der Waals surface area contributed by atoms with Crippen molar-refractivity contribution in [3.05, 3.63) is 107 Å². The molecule has 2 amide bonds. The fourth-order valence-electron chi connectivity index (χ4n) is 2.98. The number of halogens is 2. The third-order valence-electron chi connectivity index (χ3n) is 4.50. The van der Waals surface area contributed by atoms with E-state index in [-0.39, 0.29) is 23.9 Å². The molecule has 0 unspecified atom stereocenters. The van der Waals surface area contributed by atoms with Gasteiger partial charge in [0.15, 0.2) is 11.6 Å². The number of hydrogen-bond acceptors (Lipinski definition) is 2. The number of benzene rings is 3. The number of nitrogens with one attached hydrogen (secondary N) is 2. The van der Waals surface area contributed by atoms with Crippen molar-refractivity contribution in [3.63, 3.8) is 0 Å². The van der Waals surface area contributed by atoms with Gasteiger partial charge in [-0.2, -0.15) is 0 Å². The van der Waals surface area contributed by atoms with Crippen molar-refractivity contribution in [2.45, 2.75) is 5.92 Å². The first-order valence-corrected chi connectivity index (χ1v) is 9.14. The van der Waals surface area contributed by atoms with Gasteiger partial charge < -0.3 is 10.6 Å². The SMILES string of the molecule is O=C(CNC(=O)c1ccc(F)c(F)c1)NCC(c1ccccc1)c1ccccc1. The average Bonchev–Trinajstić information content (AvgIpc) is 2.75. The lowest BCUT2D eigenvalue weighted by molar-refractivity contribution is -0.120. The summed E-state index contributed by atoms with van der Waals surface area (Å²) in [4.78, 5) is 24.2. The zero-order valence-electron chi connectivity index (χ0n) is 15.6. The number of carbonyl (C=O) groups is 2. The molecular formula is C23H20F2N2O2. The lowest BCUT2D eigenvalue weighted by atomic mass is 9.91. The Balaban J connectivity index is 1.59. The second-order valence-corrected chi connectivity index (χ2v) is 6.49. The second-order valence-electron chi connectivity index (χ2n) is 6.49. The van der Waals surface area contributed by atoms with Crippen LogP contribution in [0.3, 0.4) is 0 Å². The minimum absolute atomic E-state index is 0.0387.